The zero-order valence-electron chi connectivity index (χ0n) is 16.9. The number of pyridine rings is 3. The summed E-state index contributed by atoms with van der Waals surface area (Å²) in [6.45, 7) is 0.402. The number of ether oxygens (including phenoxy) is 1. The Morgan fingerprint density at radius 1 is 1.12 bits per heavy atom. The number of rotatable bonds is 8. The Bertz CT molecular complexity index is 1340. The van der Waals surface area contributed by atoms with Crippen LogP contribution in [0.2, 0.25) is 0 Å². The minimum Gasteiger partial charge on any atom is -0.481 e. The van der Waals surface area contributed by atoms with Gasteiger partial charge in [0.15, 0.2) is 16.6 Å². The maximum Gasteiger partial charge on any atom is 0.303 e. The molecule has 0 radical (unpaired) electrons. The molecular weight excluding hydrogens is 436 g/mol. The summed E-state index contributed by atoms with van der Waals surface area (Å²) in [7, 11) is -0.279. The van der Waals surface area contributed by atoms with E-state index in [0.717, 1.165) is 10.9 Å². The summed E-state index contributed by atoms with van der Waals surface area (Å²) in [5.74, 6) is -1.23. The van der Waals surface area contributed by atoms with Crippen LogP contribution in [0.15, 0.2) is 47.9 Å². The van der Waals surface area contributed by atoms with Crippen molar-refractivity contribution in [2.75, 3.05) is 7.11 Å². The lowest BCUT2D eigenvalue weighted by atomic mass is 10.2. The standard InChI is InChI=1S/C20H18N6O5S/c1-31-17-6-4-14-19-15(9-22-20(14)24-17)23-11-26(19)10-12-2-3-13(8-21-12)32(30)25-16(27)5-7-18(28)29/h2-4,6,8-9,11H,5,7,10H2,1H3,(H,25,27)(H,28,29). The van der Waals surface area contributed by atoms with Crippen molar-refractivity contribution < 1.29 is 23.6 Å². The molecule has 164 valence electrons. The largest absolute Gasteiger partial charge is 0.481 e. The van der Waals surface area contributed by atoms with Crippen LogP contribution < -0.4 is 9.46 Å². The fourth-order valence-corrected chi connectivity index (χ4v) is 3.84. The highest BCUT2D eigenvalue weighted by Crippen LogP contribution is 2.24. The molecule has 11 nitrogen and oxygen atoms in total. The molecule has 4 aromatic heterocycles. The Labute approximate surface area is 184 Å². The molecule has 0 saturated carbocycles. The first-order valence-electron chi connectivity index (χ1n) is 9.47. The van der Waals surface area contributed by atoms with Crippen LogP contribution in [0.3, 0.4) is 0 Å². The number of carbonyl (C=O) groups excluding carboxylic acids is 1. The van der Waals surface area contributed by atoms with E-state index in [2.05, 4.69) is 24.7 Å². The number of carboxylic acid groups (broad SMARTS) is 1. The van der Waals surface area contributed by atoms with Gasteiger partial charge < -0.3 is 14.4 Å². The quantitative estimate of drug-likeness (QED) is 0.403. The van der Waals surface area contributed by atoms with Crippen LogP contribution in [0, 0.1) is 0 Å². The number of carboxylic acids is 1. The molecule has 0 aliphatic rings. The van der Waals surface area contributed by atoms with E-state index in [9.17, 15) is 13.8 Å². The van der Waals surface area contributed by atoms with Gasteiger partial charge in [0.2, 0.25) is 11.8 Å². The van der Waals surface area contributed by atoms with Gasteiger partial charge in [-0.05, 0) is 18.2 Å². The van der Waals surface area contributed by atoms with E-state index in [-0.39, 0.29) is 12.8 Å². The number of methoxy groups -OCH3 is 1. The molecule has 0 bridgehead atoms. The molecule has 0 saturated heterocycles. The summed E-state index contributed by atoms with van der Waals surface area (Å²) in [5.41, 5.74) is 2.79. The lowest BCUT2D eigenvalue weighted by Crippen LogP contribution is -2.26. The van der Waals surface area contributed by atoms with Crippen LogP contribution in [0.4, 0.5) is 0 Å². The predicted molar refractivity (Wildman–Crippen MR) is 114 cm³/mol. The third-order valence-corrected chi connectivity index (χ3v) is 5.69. The topological polar surface area (TPSA) is 149 Å². The maximum atomic E-state index is 12.3. The van der Waals surface area contributed by atoms with Gasteiger partial charge in [-0.1, -0.05) is 0 Å². The lowest BCUT2D eigenvalue weighted by molar-refractivity contribution is -0.138. The molecule has 1 atom stereocenters. The number of hydrogen-bond donors (Lipinski definition) is 2. The predicted octanol–water partition coefficient (Wildman–Crippen LogP) is 1.44. The van der Waals surface area contributed by atoms with Crippen molar-refractivity contribution in [3.63, 3.8) is 0 Å². The smallest absolute Gasteiger partial charge is 0.303 e. The van der Waals surface area contributed by atoms with Gasteiger partial charge in [-0.3, -0.25) is 19.3 Å². The molecule has 32 heavy (non-hydrogen) atoms. The van der Waals surface area contributed by atoms with Crippen LogP contribution in [-0.2, 0) is 27.1 Å². The normalized spacial score (nSPS) is 12.0. The monoisotopic (exact) mass is 454 g/mol. The van der Waals surface area contributed by atoms with Gasteiger partial charge in [0.25, 0.3) is 0 Å². The number of carbonyl (C=O) groups is 2. The highest BCUT2D eigenvalue weighted by atomic mass is 32.2. The summed E-state index contributed by atoms with van der Waals surface area (Å²) in [4.78, 5) is 39.9. The minimum absolute atomic E-state index is 0.246. The first-order chi connectivity index (χ1) is 15.4. The van der Waals surface area contributed by atoms with E-state index >= 15 is 0 Å². The Balaban J connectivity index is 1.52. The van der Waals surface area contributed by atoms with Crippen molar-refractivity contribution in [3.05, 3.63) is 48.7 Å². The zero-order valence-corrected chi connectivity index (χ0v) is 17.7. The van der Waals surface area contributed by atoms with E-state index in [1.165, 1.54) is 6.20 Å². The first kappa shape index (κ1) is 21.3. The average Bonchev–Trinajstić information content (AvgIpc) is 3.20. The number of aliphatic carboxylic acids is 1. The Morgan fingerprint density at radius 2 is 1.97 bits per heavy atom. The average molecular weight is 454 g/mol. The number of imidazole rings is 1. The Hall–Kier alpha value is -3.93. The van der Waals surface area contributed by atoms with Crippen LogP contribution in [0.25, 0.3) is 22.1 Å². The Morgan fingerprint density at radius 3 is 2.69 bits per heavy atom. The summed E-state index contributed by atoms with van der Waals surface area (Å²) < 4.78 is 21.6. The summed E-state index contributed by atoms with van der Waals surface area (Å²) >= 11 is 0. The van der Waals surface area contributed by atoms with Crippen molar-refractivity contribution in [1.82, 2.24) is 29.2 Å². The number of aromatic nitrogens is 5. The fourth-order valence-electron chi connectivity index (χ4n) is 3.08. The number of hydrogen-bond acceptors (Lipinski definition) is 8. The molecule has 1 unspecified atom stereocenters. The molecule has 0 aromatic carbocycles. The molecule has 0 aliphatic heterocycles. The zero-order chi connectivity index (χ0) is 22.7. The van der Waals surface area contributed by atoms with E-state index in [1.807, 2.05) is 10.6 Å². The van der Waals surface area contributed by atoms with Gasteiger partial charge in [0.1, 0.15) is 5.52 Å². The number of amides is 1. The fraction of sp³-hybridized carbons (Fsp3) is 0.200. The van der Waals surface area contributed by atoms with Gasteiger partial charge in [-0.2, -0.15) is 4.98 Å². The van der Waals surface area contributed by atoms with Crippen molar-refractivity contribution in [2.24, 2.45) is 0 Å². The molecule has 2 N–H and O–H groups in total. The third kappa shape index (κ3) is 4.54. The molecular formula is C20H18N6O5S. The molecule has 1 amide bonds. The SMILES string of the molecule is COc1ccc2c(ncc3ncn(Cc4ccc(S(=O)NC(=O)CCC(=O)O)cn4)c32)n1. The molecule has 0 aliphatic carbocycles. The maximum absolute atomic E-state index is 12.3. The van der Waals surface area contributed by atoms with E-state index in [4.69, 9.17) is 9.84 Å². The first-order valence-corrected chi connectivity index (χ1v) is 10.6. The molecule has 0 spiro atoms. The number of nitrogens with one attached hydrogen (secondary N) is 1. The van der Waals surface area contributed by atoms with Crippen molar-refractivity contribution >= 4 is 44.9 Å². The summed E-state index contributed by atoms with van der Waals surface area (Å²) in [6, 6.07) is 6.93. The van der Waals surface area contributed by atoms with Gasteiger partial charge in [-0.25, -0.2) is 14.2 Å². The number of fused-ring (bicyclic) bond motifs is 3. The van der Waals surface area contributed by atoms with Crippen molar-refractivity contribution in [1.29, 1.82) is 0 Å². The van der Waals surface area contributed by atoms with Crippen LogP contribution in [0.1, 0.15) is 18.5 Å². The highest BCUT2D eigenvalue weighted by Gasteiger charge is 2.13. The third-order valence-electron chi connectivity index (χ3n) is 4.61. The second kappa shape index (κ2) is 9.06. The summed E-state index contributed by atoms with van der Waals surface area (Å²) in [6.07, 6.45) is 4.17. The van der Waals surface area contributed by atoms with Gasteiger partial charge >= 0.3 is 5.97 Å². The van der Waals surface area contributed by atoms with Crippen molar-refractivity contribution in [2.45, 2.75) is 24.3 Å². The van der Waals surface area contributed by atoms with Gasteiger partial charge in [0, 0.05) is 24.1 Å². The Kier molecular flexibility index (Phi) is 6.03. The van der Waals surface area contributed by atoms with Crippen LogP contribution in [0.5, 0.6) is 5.88 Å². The van der Waals surface area contributed by atoms with Gasteiger partial charge in [0.05, 0.1) is 48.7 Å². The van der Waals surface area contributed by atoms with Crippen LogP contribution >= 0.6 is 0 Å². The molecule has 4 heterocycles. The molecule has 0 fully saturated rings. The van der Waals surface area contributed by atoms with E-state index < -0.39 is 22.9 Å². The highest BCUT2D eigenvalue weighted by molar-refractivity contribution is 7.83. The summed E-state index contributed by atoms with van der Waals surface area (Å²) in [5, 5.41) is 9.43. The minimum atomic E-state index is -1.82. The lowest BCUT2D eigenvalue weighted by Gasteiger charge is -2.08. The molecule has 12 heteroatoms. The second-order valence-corrected chi connectivity index (χ2v) is 7.98. The number of nitrogens with zero attached hydrogens (tertiary/aromatic N) is 5. The molecule has 4 aromatic rings. The van der Waals surface area contributed by atoms with Gasteiger partial charge in [-0.15, -0.1) is 0 Å². The van der Waals surface area contributed by atoms with E-state index in [0.29, 0.717) is 34.2 Å². The van der Waals surface area contributed by atoms with Crippen LogP contribution in [-0.4, -0.2) is 52.8 Å². The van der Waals surface area contributed by atoms with E-state index in [1.54, 1.807) is 37.8 Å². The van der Waals surface area contributed by atoms with Crippen molar-refractivity contribution in [3.8, 4) is 5.88 Å². The molecule has 4 rings (SSSR count). The second-order valence-electron chi connectivity index (χ2n) is 6.76.